The first kappa shape index (κ1) is 8.86. The summed E-state index contributed by atoms with van der Waals surface area (Å²) < 4.78 is 0.278. The molecule has 0 aliphatic rings. The molecule has 1 aromatic carbocycles. The number of hydrogen-bond acceptors (Lipinski definition) is 3. The van der Waals surface area contributed by atoms with E-state index in [0.717, 1.165) is 0 Å². The molecule has 4 N–H and O–H groups in total. The average Bonchev–Trinajstić information content (AvgIpc) is 1.99. The van der Waals surface area contributed by atoms with E-state index in [1.54, 1.807) is 0 Å². The molecule has 0 bridgehead atoms. The van der Waals surface area contributed by atoms with Crippen LogP contribution in [0.2, 0.25) is 0 Å². The smallest absolute Gasteiger partial charge is 0.335 e. The molecule has 0 aliphatic carbocycles. The van der Waals surface area contributed by atoms with Crippen LogP contribution < -0.4 is 5.73 Å². The molecule has 1 aromatic rings. The molecule has 0 aliphatic heterocycles. The second kappa shape index (κ2) is 3.02. The van der Waals surface area contributed by atoms with Crippen molar-refractivity contribution in [2.45, 2.75) is 0 Å². The fourth-order valence-corrected chi connectivity index (χ4v) is 1.22. The zero-order valence-corrected chi connectivity index (χ0v) is 7.50. The van der Waals surface area contributed by atoms with Crippen LogP contribution in [0.15, 0.2) is 16.6 Å². The average molecular weight is 232 g/mol. The van der Waals surface area contributed by atoms with Gasteiger partial charge in [0.2, 0.25) is 0 Å². The minimum absolute atomic E-state index is 0.0391. The molecule has 0 atom stereocenters. The molecule has 0 fully saturated rings. The fourth-order valence-electron chi connectivity index (χ4n) is 0.744. The van der Waals surface area contributed by atoms with E-state index >= 15 is 0 Å². The Morgan fingerprint density at radius 1 is 1.50 bits per heavy atom. The van der Waals surface area contributed by atoms with Crippen molar-refractivity contribution in [1.29, 1.82) is 0 Å². The lowest BCUT2D eigenvalue weighted by molar-refractivity contribution is 0.0697. The van der Waals surface area contributed by atoms with Crippen molar-refractivity contribution >= 4 is 27.6 Å². The first-order valence-electron chi connectivity index (χ1n) is 3.03. The summed E-state index contributed by atoms with van der Waals surface area (Å²) in [5, 5.41) is 17.7. The van der Waals surface area contributed by atoms with Crippen molar-refractivity contribution in [3.63, 3.8) is 0 Å². The summed E-state index contributed by atoms with van der Waals surface area (Å²) in [5.74, 6) is -1.22. The minimum Gasteiger partial charge on any atom is -0.505 e. The van der Waals surface area contributed by atoms with Crippen molar-refractivity contribution in [3.05, 3.63) is 22.2 Å². The Morgan fingerprint density at radius 2 is 2.08 bits per heavy atom. The van der Waals surface area contributed by atoms with Gasteiger partial charge in [0.1, 0.15) is 0 Å². The maximum Gasteiger partial charge on any atom is 0.335 e. The Hall–Kier alpha value is -1.23. The number of carboxylic acid groups (broad SMARTS) is 1. The molecule has 0 amide bonds. The summed E-state index contributed by atoms with van der Waals surface area (Å²) in [4.78, 5) is 10.5. The van der Waals surface area contributed by atoms with E-state index in [1.807, 2.05) is 0 Å². The van der Waals surface area contributed by atoms with Crippen molar-refractivity contribution in [2.75, 3.05) is 5.73 Å². The number of benzene rings is 1. The summed E-state index contributed by atoms with van der Waals surface area (Å²) in [7, 11) is 0. The molecular weight excluding hydrogens is 226 g/mol. The third kappa shape index (κ3) is 1.50. The van der Waals surface area contributed by atoms with Crippen molar-refractivity contribution in [1.82, 2.24) is 0 Å². The Morgan fingerprint density at radius 3 is 2.50 bits per heavy atom. The lowest BCUT2D eigenvalue weighted by Crippen LogP contribution is -1.98. The van der Waals surface area contributed by atoms with Crippen molar-refractivity contribution < 1.29 is 15.0 Å². The molecule has 0 spiro atoms. The molecule has 0 aromatic heterocycles. The van der Waals surface area contributed by atoms with Gasteiger partial charge in [-0.15, -0.1) is 0 Å². The molecular formula is C7H6BrNO3. The molecule has 12 heavy (non-hydrogen) atoms. The zero-order chi connectivity index (χ0) is 9.30. The predicted octanol–water partition coefficient (Wildman–Crippen LogP) is 1.44. The van der Waals surface area contributed by atoms with Crippen LogP contribution in [0.5, 0.6) is 5.75 Å². The molecule has 1 rings (SSSR count). The molecule has 64 valence electrons. The molecule has 0 saturated heterocycles. The highest BCUT2D eigenvalue weighted by molar-refractivity contribution is 9.10. The van der Waals surface area contributed by atoms with E-state index < -0.39 is 5.97 Å². The van der Waals surface area contributed by atoms with Gasteiger partial charge in [-0.3, -0.25) is 0 Å². The third-order valence-corrected chi connectivity index (χ3v) is 1.94. The third-order valence-electron chi connectivity index (χ3n) is 1.34. The van der Waals surface area contributed by atoms with Gasteiger partial charge in [-0.2, -0.15) is 0 Å². The Kier molecular flexibility index (Phi) is 2.23. The number of nitrogen functional groups attached to an aromatic ring is 1. The molecule has 0 unspecified atom stereocenters. The standard InChI is InChI=1S/C7H6BrNO3/c8-4-1-3(7(11)12)2-5(9)6(4)10/h1-2,10H,9H2,(H,11,12). The second-order valence-electron chi connectivity index (χ2n) is 2.20. The highest BCUT2D eigenvalue weighted by Crippen LogP contribution is 2.31. The summed E-state index contributed by atoms with van der Waals surface area (Å²) in [6, 6.07) is 2.48. The Bertz CT molecular complexity index is 314. The van der Waals surface area contributed by atoms with Crippen LogP contribution in [0.3, 0.4) is 0 Å². The topological polar surface area (TPSA) is 83.6 Å². The number of phenols is 1. The highest BCUT2D eigenvalue weighted by Gasteiger charge is 2.09. The van der Waals surface area contributed by atoms with Gasteiger partial charge in [-0.25, -0.2) is 4.79 Å². The van der Waals surface area contributed by atoms with Gasteiger partial charge in [0, 0.05) is 0 Å². The summed E-state index contributed by atoms with van der Waals surface area (Å²) >= 11 is 2.97. The second-order valence-corrected chi connectivity index (χ2v) is 3.06. The number of rotatable bonds is 1. The van der Waals surface area contributed by atoms with Crippen LogP contribution in [-0.4, -0.2) is 16.2 Å². The van der Waals surface area contributed by atoms with Crippen LogP contribution in [0, 0.1) is 0 Å². The van der Waals surface area contributed by atoms with Gasteiger partial charge in [0.15, 0.2) is 5.75 Å². The van der Waals surface area contributed by atoms with E-state index in [9.17, 15) is 4.79 Å². The fraction of sp³-hybridized carbons (Fsp3) is 0. The molecule has 0 heterocycles. The summed E-state index contributed by atoms with van der Waals surface area (Å²) in [6.07, 6.45) is 0. The van der Waals surface area contributed by atoms with Gasteiger partial charge >= 0.3 is 5.97 Å². The molecule has 5 heteroatoms. The van der Waals surface area contributed by atoms with Crippen molar-refractivity contribution in [3.8, 4) is 5.75 Å². The Balaban J connectivity index is 3.31. The van der Waals surface area contributed by atoms with E-state index in [1.165, 1.54) is 12.1 Å². The number of phenolic OH excluding ortho intramolecular Hbond substituents is 1. The van der Waals surface area contributed by atoms with Crippen LogP contribution in [-0.2, 0) is 0 Å². The number of carboxylic acids is 1. The maximum absolute atomic E-state index is 10.5. The van der Waals surface area contributed by atoms with Gasteiger partial charge in [0.05, 0.1) is 15.7 Å². The van der Waals surface area contributed by atoms with Crippen LogP contribution in [0.4, 0.5) is 5.69 Å². The minimum atomic E-state index is -1.08. The largest absolute Gasteiger partial charge is 0.505 e. The number of halogens is 1. The normalized spacial score (nSPS) is 9.75. The van der Waals surface area contributed by atoms with Gasteiger partial charge in [-0.05, 0) is 28.1 Å². The molecule has 0 saturated carbocycles. The quantitative estimate of drug-likeness (QED) is 0.505. The van der Waals surface area contributed by atoms with Crippen LogP contribution >= 0.6 is 15.9 Å². The van der Waals surface area contributed by atoms with E-state index in [0.29, 0.717) is 0 Å². The SMILES string of the molecule is Nc1cc(C(=O)O)cc(Br)c1O. The van der Waals surface area contributed by atoms with Gasteiger partial charge < -0.3 is 15.9 Å². The first-order chi connectivity index (χ1) is 5.52. The number of nitrogens with two attached hydrogens (primary N) is 1. The number of aromatic hydroxyl groups is 1. The Labute approximate surface area is 76.8 Å². The van der Waals surface area contributed by atoms with E-state index in [2.05, 4.69) is 15.9 Å². The van der Waals surface area contributed by atoms with Crippen LogP contribution in [0.25, 0.3) is 0 Å². The van der Waals surface area contributed by atoms with Crippen LogP contribution in [0.1, 0.15) is 10.4 Å². The monoisotopic (exact) mass is 231 g/mol. The molecule has 4 nitrogen and oxygen atoms in total. The highest BCUT2D eigenvalue weighted by atomic mass is 79.9. The predicted molar refractivity (Wildman–Crippen MR) is 47.2 cm³/mol. The number of aromatic carboxylic acids is 1. The lowest BCUT2D eigenvalue weighted by Gasteiger charge is -2.02. The van der Waals surface area contributed by atoms with Gasteiger partial charge in [0.25, 0.3) is 0 Å². The van der Waals surface area contributed by atoms with Crippen molar-refractivity contribution in [2.24, 2.45) is 0 Å². The van der Waals surface area contributed by atoms with E-state index in [4.69, 9.17) is 15.9 Å². The number of anilines is 1. The number of carbonyl (C=O) groups is 1. The maximum atomic E-state index is 10.5. The van der Waals surface area contributed by atoms with Gasteiger partial charge in [-0.1, -0.05) is 0 Å². The number of hydrogen-bond donors (Lipinski definition) is 3. The van der Waals surface area contributed by atoms with E-state index in [-0.39, 0.29) is 21.5 Å². The summed E-state index contributed by atoms with van der Waals surface area (Å²) in [5.41, 5.74) is 5.40. The summed E-state index contributed by atoms with van der Waals surface area (Å²) in [6.45, 7) is 0. The zero-order valence-electron chi connectivity index (χ0n) is 5.91. The molecule has 0 radical (unpaired) electrons. The lowest BCUT2D eigenvalue weighted by atomic mass is 10.2. The first-order valence-corrected chi connectivity index (χ1v) is 3.83.